The summed E-state index contributed by atoms with van der Waals surface area (Å²) in [6.45, 7) is 6.10. The predicted octanol–water partition coefficient (Wildman–Crippen LogP) is 0.172. The van der Waals surface area contributed by atoms with Crippen LogP contribution in [0.15, 0.2) is 12.5 Å². The van der Waals surface area contributed by atoms with E-state index < -0.39 is 0 Å². The molecule has 2 aliphatic rings. The van der Waals surface area contributed by atoms with Gasteiger partial charge in [0.2, 0.25) is 0 Å². The summed E-state index contributed by atoms with van der Waals surface area (Å²) in [4.78, 5) is 12.2. The highest BCUT2D eigenvalue weighted by atomic mass is 16.5. The van der Waals surface area contributed by atoms with Gasteiger partial charge in [-0.1, -0.05) is 0 Å². The lowest BCUT2D eigenvalue weighted by Crippen LogP contribution is -2.42. The molecule has 0 aromatic carbocycles. The molecular weight excluding hydrogens is 216 g/mol. The van der Waals surface area contributed by atoms with Crippen LogP contribution in [-0.2, 0) is 11.3 Å². The van der Waals surface area contributed by atoms with Gasteiger partial charge in [0.25, 0.3) is 0 Å². The van der Waals surface area contributed by atoms with Gasteiger partial charge in [-0.15, -0.1) is 0 Å². The van der Waals surface area contributed by atoms with Crippen LogP contribution >= 0.6 is 0 Å². The lowest BCUT2D eigenvalue weighted by molar-refractivity contribution is 0.0560. The molecule has 2 saturated heterocycles. The van der Waals surface area contributed by atoms with Crippen molar-refractivity contribution in [2.45, 2.75) is 12.6 Å². The van der Waals surface area contributed by atoms with Gasteiger partial charge in [0.1, 0.15) is 0 Å². The van der Waals surface area contributed by atoms with E-state index >= 15 is 0 Å². The van der Waals surface area contributed by atoms with Crippen LogP contribution in [0.4, 0.5) is 0 Å². The second-order valence-electron chi connectivity index (χ2n) is 5.28. The van der Waals surface area contributed by atoms with Crippen LogP contribution < -0.4 is 0 Å². The van der Waals surface area contributed by atoms with E-state index in [1.807, 2.05) is 6.20 Å². The Kier molecular flexibility index (Phi) is 3.13. The third-order valence-electron chi connectivity index (χ3n) is 3.69. The Labute approximate surface area is 102 Å². The number of imidazole rings is 1. The maximum absolute atomic E-state index is 5.77. The molecule has 17 heavy (non-hydrogen) atoms. The molecule has 2 atom stereocenters. The molecule has 2 fully saturated rings. The first-order valence-electron chi connectivity index (χ1n) is 6.29. The van der Waals surface area contributed by atoms with E-state index in [4.69, 9.17) is 4.74 Å². The summed E-state index contributed by atoms with van der Waals surface area (Å²) in [6.07, 6.45) is 3.67. The molecule has 1 aromatic rings. The smallest absolute Gasteiger partial charge is 0.0922 e. The van der Waals surface area contributed by atoms with Crippen LogP contribution in [-0.4, -0.2) is 65.7 Å². The molecular formula is C12H20N4O. The van der Waals surface area contributed by atoms with Crippen LogP contribution in [0, 0.1) is 5.92 Å². The number of aromatic nitrogens is 2. The lowest BCUT2D eigenvalue weighted by atomic mass is 10.1. The van der Waals surface area contributed by atoms with E-state index in [0.29, 0.717) is 12.0 Å². The highest BCUT2D eigenvalue weighted by molar-refractivity contribution is 4.96. The number of hydrogen-bond donors (Lipinski definition) is 1. The second kappa shape index (κ2) is 4.76. The fraction of sp³-hybridized carbons (Fsp3) is 0.750. The summed E-state index contributed by atoms with van der Waals surface area (Å²) in [5.74, 6) is 0.635. The predicted molar refractivity (Wildman–Crippen MR) is 64.6 cm³/mol. The minimum absolute atomic E-state index is 0.510. The SMILES string of the molecule is CN1C[C@@H]2COC[C@H](C1)N(Cc1cnc[nH]1)C2. The molecule has 1 aromatic heterocycles. The third kappa shape index (κ3) is 2.51. The molecule has 94 valence electrons. The zero-order valence-corrected chi connectivity index (χ0v) is 10.3. The Hall–Kier alpha value is -0.910. The van der Waals surface area contributed by atoms with Crippen molar-refractivity contribution in [3.63, 3.8) is 0 Å². The molecule has 1 N–H and O–H groups in total. The summed E-state index contributed by atoms with van der Waals surface area (Å²) in [5, 5.41) is 0. The van der Waals surface area contributed by atoms with E-state index in [2.05, 4.69) is 26.8 Å². The fourth-order valence-corrected chi connectivity index (χ4v) is 2.95. The largest absolute Gasteiger partial charge is 0.379 e. The topological polar surface area (TPSA) is 44.4 Å². The molecule has 0 saturated carbocycles. The Morgan fingerprint density at radius 2 is 2.35 bits per heavy atom. The second-order valence-corrected chi connectivity index (χ2v) is 5.28. The van der Waals surface area contributed by atoms with Gasteiger partial charge in [-0.3, -0.25) is 4.90 Å². The summed E-state index contributed by atoms with van der Waals surface area (Å²) in [6, 6.07) is 0.510. The van der Waals surface area contributed by atoms with Crippen LogP contribution in [0.2, 0.25) is 0 Å². The molecule has 0 radical (unpaired) electrons. The number of rotatable bonds is 2. The minimum atomic E-state index is 0.510. The van der Waals surface area contributed by atoms with Crippen molar-refractivity contribution in [3.8, 4) is 0 Å². The van der Waals surface area contributed by atoms with Crippen molar-refractivity contribution in [2.24, 2.45) is 5.92 Å². The number of hydrogen-bond acceptors (Lipinski definition) is 4. The monoisotopic (exact) mass is 236 g/mol. The average molecular weight is 236 g/mol. The number of aromatic amines is 1. The van der Waals surface area contributed by atoms with Crippen molar-refractivity contribution in [2.75, 3.05) is 39.9 Å². The summed E-state index contributed by atoms with van der Waals surface area (Å²) in [7, 11) is 2.21. The number of fused-ring (bicyclic) bond motifs is 3. The molecule has 3 rings (SSSR count). The van der Waals surface area contributed by atoms with Crippen molar-refractivity contribution >= 4 is 0 Å². The van der Waals surface area contributed by atoms with Crippen LogP contribution in [0.1, 0.15) is 5.69 Å². The number of nitrogens with one attached hydrogen (secondary N) is 1. The quantitative estimate of drug-likeness (QED) is 0.795. The molecule has 5 heteroatoms. The molecule has 2 aliphatic heterocycles. The molecule has 3 heterocycles. The van der Waals surface area contributed by atoms with E-state index in [1.54, 1.807) is 6.33 Å². The van der Waals surface area contributed by atoms with Crippen molar-refractivity contribution in [1.82, 2.24) is 19.8 Å². The Balaban J connectivity index is 1.75. The van der Waals surface area contributed by atoms with Gasteiger partial charge in [0.15, 0.2) is 0 Å². The first-order chi connectivity index (χ1) is 8.31. The lowest BCUT2D eigenvalue weighted by Gasteiger charge is -2.29. The number of nitrogens with zero attached hydrogens (tertiary/aromatic N) is 3. The van der Waals surface area contributed by atoms with Gasteiger partial charge in [0, 0.05) is 50.0 Å². The Bertz CT molecular complexity index is 353. The molecule has 0 spiro atoms. The van der Waals surface area contributed by atoms with Gasteiger partial charge < -0.3 is 14.6 Å². The molecule has 0 unspecified atom stereocenters. The number of likely N-dealkylation sites (N-methyl/N-ethyl adjacent to an activating group) is 1. The number of ether oxygens (including phenoxy) is 1. The molecule has 0 aliphatic carbocycles. The van der Waals surface area contributed by atoms with Crippen LogP contribution in [0.5, 0.6) is 0 Å². The Morgan fingerprint density at radius 1 is 1.41 bits per heavy atom. The Morgan fingerprint density at radius 3 is 3.18 bits per heavy atom. The van der Waals surface area contributed by atoms with Crippen molar-refractivity contribution in [3.05, 3.63) is 18.2 Å². The highest BCUT2D eigenvalue weighted by Crippen LogP contribution is 2.20. The van der Waals surface area contributed by atoms with Crippen LogP contribution in [0.25, 0.3) is 0 Å². The van der Waals surface area contributed by atoms with Gasteiger partial charge in [0.05, 0.1) is 19.5 Å². The highest BCUT2D eigenvalue weighted by Gasteiger charge is 2.31. The zero-order valence-electron chi connectivity index (χ0n) is 10.3. The first kappa shape index (κ1) is 11.2. The van der Waals surface area contributed by atoms with Gasteiger partial charge in [-0.2, -0.15) is 0 Å². The van der Waals surface area contributed by atoms with Crippen molar-refractivity contribution < 1.29 is 4.74 Å². The maximum Gasteiger partial charge on any atom is 0.0922 e. The third-order valence-corrected chi connectivity index (χ3v) is 3.69. The van der Waals surface area contributed by atoms with Gasteiger partial charge in [-0.05, 0) is 7.05 Å². The zero-order chi connectivity index (χ0) is 11.7. The van der Waals surface area contributed by atoms with E-state index in [9.17, 15) is 0 Å². The minimum Gasteiger partial charge on any atom is -0.379 e. The average Bonchev–Trinajstić information content (AvgIpc) is 2.64. The van der Waals surface area contributed by atoms with Gasteiger partial charge >= 0.3 is 0 Å². The standard InChI is InChI=1S/C12H20N4O/c1-15-3-10-4-16(5-11-2-13-9-14-11)12(6-15)8-17-7-10/h2,9-10,12H,3-8H2,1H3,(H,13,14)/t10-,12-/m0/s1. The van der Waals surface area contributed by atoms with E-state index in [-0.39, 0.29) is 0 Å². The van der Waals surface area contributed by atoms with Crippen molar-refractivity contribution in [1.29, 1.82) is 0 Å². The first-order valence-corrected chi connectivity index (χ1v) is 6.29. The van der Waals surface area contributed by atoms with E-state index in [1.165, 1.54) is 5.69 Å². The maximum atomic E-state index is 5.77. The summed E-state index contributed by atoms with van der Waals surface area (Å²) < 4.78 is 5.77. The molecule has 2 bridgehead atoms. The van der Waals surface area contributed by atoms with Gasteiger partial charge in [-0.25, -0.2) is 4.98 Å². The molecule has 5 nitrogen and oxygen atoms in total. The summed E-state index contributed by atoms with van der Waals surface area (Å²) >= 11 is 0. The number of H-pyrrole nitrogens is 1. The van der Waals surface area contributed by atoms with E-state index in [0.717, 1.165) is 39.4 Å². The fourth-order valence-electron chi connectivity index (χ4n) is 2.95. The van der Waals surface area contributed by atoms with Crippen LogP contribution in [0.3, 0.4) is 0 Å². The normalized spacial score (nSPS) is 31.4. The summed E-state index contributed by atoms with van der Waals surface area (Å²) in [5.41, 5.74) is 1.19. The molecule has 0 amide bonds.